The van der Waals surface area contributed by atoms with Crippen LogP contribution in [0.15, 0.2) is 0 Å². The fourth-order valence-corrected chi connectivity index (χ4v) is 3.16. The molecule has 0 saturated carbocycles. The number of urea groups is 1. The van der Waals surface area contributed by atoms with Crippen molar-refractivity contribution in [2.75, 3.05) is 12.3 Å². The minimum absolute atomic E-state index is 0.00801. The maximum atomic E-state index is 11.7. The minimum atomic E-state index is -0.463. The lowest BCUT2D eigenvalue weighted by Gasteiger charge is -2.18. The number of pyridine rings is 1. The Bertz CT molecular complexity index is 799. The summed E-state index contributed by atoms with van der Waals surface area (Å²) >= 11 is 0. The number of nitrogens with two attached hydrogens (primary N) is 1. The number of rotatable bonds is 8. The van der Waals surface area contributed by atoms with Crippen LogP contribution in [0.4, 0.5) is 10.6 Å². The number of hydrogen-bond acceptors (Lipinski definition) is 5. The minimum Gasteiger partial charge on any atom is -0.382 e. The third-order valence-electron chi connectivity index (χ3n) is 4.60. The van der Waals surface area contributed by atoms with Gasteiger partial charge in [-0.25, -0.2) is 19.8 Å². The number of fused-ring (bicyclic) bond motifs is 1. The average Bonchev–Trinajstić information content (AvgIpc) is 2.95. The van der Waals surface area contributed by atoms with E-state index in [1.54, 1.807) is 0 Å². The predicted molar refractivity (Wildman–Crippen MR) is 107 cm³/mol. The Hall–Kier alpha value is -2.35. The van der Waals surface area contributed by atoms with E-state index < -0.39 is 6.03 Å². The summed E-state index contributed by atoms with van der Waals surface area (Å²) < 4.78 is 2.22. The summed E-state index contributed by atoms with van der Waals surface area (Å²) in [6, 6.07) is -0.471. The molecule has 0 atom stereocenters. The van der Waals surface area contributed by atoms with E-state index in [2.05, 4.69) is 21.8 Å². The zero-order chi connectivity index (χ0) is 20.1. The number of nitrogens with one attached hydrogen (secondary N) is 1. The molecule has 0 aliphatic carbocycles. The van der Waals surface area contributed by atoms with Crippen LogP contribution < -0.4 is 11.1 Å². The largest absolute Gasteiger partial charge is 0.382 e. The highest BCUT2D eigenvalue weighted by Gasteiger charge is 2.17. The molecule has 2 amide bonds. The van der Waals surface area contributed by atoms with Crippen LogP contribution >= 0.6 is 0 Å². The van der Waals surface area contributed by atoms with Crippen molar-refractivity contribution >= 4 is 22.9 Å². The predicted octanol–water partition coefficient (Wildman–Crippen LogP) is 3.17. The van der Waals surface area contributed by atoms with Crippen LogP contribution in [0, 0.1) is 13.8 Å². The molecule has 0 aliphatic rings. The number of imidazole rings is 1. The van der Waals surface area contributed by atoms with Crippen molar-refractivity contribution in [1.82, 2.24) is 24.9 Å². The van der Waals surface area contributed by atoms with Gasteiger partial charge in [0.25, 0.3) is 0 Å². The molecule has 0 aromatic carbocycles. The SMILES string of the molecule is CCCc1nc2c(N)nc(C)c(C)c2n1CCCCN(O)C(=O)NC(C)C. The van der Waals surface area contributed by atoms with Crippen molar-refractivity contribution in [3.05, 3.63) is 17.1 Å². The van der Waals surface area contributed by atoms with Crippen molar-refractivity contribution in [2.24, 2.45) is 0 Å². The van der Waals surface area contributed by atoms with Gasteiger partial charge in [-0.2, -0.15) is 0 Å². The summed E-state index contributed by atoms with van der Waals surface area (Å²) in [4.78, 5) is 20.9. The Balaban J connectivity index is 2.11. The van der Waals surface area contributed by atoms with Gasteiger partial charge in [-0.05, 0) is 52.5 Å². The lowest BCUT2D eigenvalue weighted by molar-refractivity contribution is -0.0448. The van der Waals surface area contributed by atoms with Gasteiger partial charge in [-0.3, -0.25) is 5.21 Å². The van der Waals surface area contributed by atoms with Crippen LogP contribution in [0.5, 0.6) is 0 Å². The topological polar surface area (TPSA) is 109 Å². The summed E-state index contributed by atoms with van der Waals surface area (Å²) in [6.45, 7) is 10.9. The number of aromatic nitrogens is 3. The van der Waals surface area contributed by atoms with Crippen LogP contribution in [0.1, 0.15) is 57.1 Å². The van der Waals surface area contributed by atoms with E-state index in [1.165, 1.54) is 0 Å². The van der Waals surface area contributed by atoms with Gasteiger partial charge in [-0.15, -0.1) is 0 Å². The molecule has 2 aromatic rings. The van der Waals surface area contributed by atoms with Crippen molar-refractivity contribution in [1.29, 1.82) is 0 Å². The second-order valence-electron chi connectivity index (χ2n) is 7.27. The summed E-state index contributed by atoms with van der Waals surface area (Å²) in [5.74, 6) is 1.48. The summed E-state index contributed by atoms with van der Waals surface area (Å²) in [5, 5.41) is 13.2. The van der Waals surface area contributed by atoms with E-state index in [-0.39, 0.29) is 12.6 Å². The van der Waals surface area contributed by atoms with E-state index in [4.69, 9.17) is 10.7 Å². The highest BCUT2D eigenvalue weighted by molar-refractivity contribution is 5.88. The fraction of sp³-hybridized carbons (Fsp3) is 0.632. The molecule has 2 heterocycles. The number of carbonyl (C=O) groups excluding carboxylic acids is 1. The number of hydrogen-bond donors (Lipinski definition) is 3. The van der Waals surface area contributed by atoms with Gasteiger partial charge in [0.05, 0.1) is 12.1 Å². The third kappa shape index (κ3) is 4.88. The normalized spacial score (nSPS) is 11.4. The standard InChI is InChI=1S/C19H32N6O2/c1-6-9-15-23-16-17(13(4)14(5)22-18(16)20)24(15)10-7-8-11-25(27)19(26)21-12(2)3/h12,27H,6-11H2,1-5H3,(H2,20,22)(H,21,26). The van der Waals surface area contributed by atoms with Crippen LogP contribution in [-0.2, 0) is 13.0 Å². The number of anilines is 1. The van der Waals surface area contributed by atoms with Crippen molar-refractivity contribution in [2.45, 2.75) is 72.9 Å². The molecule has 2 rings (SSSR count). The first-order chi connectivity index (χ1) is 12.8. The number of nitrogen functional groups attached to an aromatic ring is 1. The molecule has 0 aliphatic heterocycles. The number of nitrogens with zero attached hydrogens (tertiary/aromatic N) is 4. The van der Waals surface area contributed by atoms with E-state index in [0.29, 0.717) is 12.2 Å². The van der Waals surface area contributed by atoms with Crippen LogP contribution in [0.3, 0.4) is 0 Å². The van der Waals surface area contributed by atoms with Crippen molar-refractivity contribution < 1.29 is 10.0 Å². The van der Waals surface area contributed by atoms with E-state index in [1.807, 2.05) is 27.7 Å². The number of hydroxylamine groups is 2. The summed E-state index contributed by atoms with van der Waals surface area (Å²) in [5.41, 5.74) is 9.91. The van der Waals surface area contributed by atoms with E-state index >= 15 is 0 Å². The lowest BCUT2D eigenvalue weighted by atomic mass is 10.2. The molecule has 0 bridgehead atoms. The van der Waals surface area contributed by atoms with E-state index in [0.717, 1.165) is 59.0 Å². The molecule has 0 unspecified atom stereocenters. The highest BCUT2D eigenvalue weighted by atomic mass is 16.5. The summed E-state index contributed by atoms with van der Waals surface area (Å²) in [6.07, 6.45) is 3.37. The van der Waals surface area contributed by atoms with Crippen LogP contribution in [-0.4, -0.2) is 43.4 Å². The Morgan fingerprint density at radius 3 is 2.63 bits per heavy atom. The molecule has 150 valence electrons. The van der Waals surface area contributed by atoms with Crippen molar-refractivity contribution in [3.8, 4) is 0 Å². The monoisotopic (exact) mass is 376 g/mol. The maximum Gasteiger partial charge on any atom is 0.341 e. The first-order valence-corrected chi connectivity index (χ1v) is 9.64. The number of unbranched alkanes of at least 4 members (excludes halogenated alkanes) is 1. The first-order valence-electron chi connectivity index (χ1n) is 9.64. The van der Waals surface area contributed by atoms with Crippen LogP contribution in [0.25, 0.3) is 11.0 Å². The Labute approximate surface area is 160 Å². The zero-order valence-electron chi connectivity index (χ0n) is 17.0. The number of aryl methyl sites for hydroxylation is 4. The second kappa shape index (κ2) is 9.03. The van der Waals surface area contributed by atoms with Gasteiger partial charge in [0.1, 0.15) is 11.3 Å². The van der Waals surface area contributed by atoms with Gasteiger partial charge in [0.15, 0.2) is 5.82 Å². The Kier molecular flexibility index (Phi) is 7.01. The smallest absolute Gasteiger partial charge is 0.341 e. The molecular formula is C19H32N6O2. The molecule has 8 heteroatoms. The number of amides is 2. The first kappa shape index (κ1) is 21.0. The molecule has 27 heavy (non-hydrogen) atoms. The van der Waals surface area contributed by atoms with Gasteiger partial charge >= 0.3 is 6.03 Å². The molecule has 8 nitrogen and oxygen atoms in total. The second-order valence-corrected chi connectivity index (χ2v) is 7.27. The Morgan fingerprint density at radius 2 is 2.00 bits per heavy atom. The van der Waals surface area contributed by atoms with Gasteiger partial charge in [0.2, 0.25) is 0 Å². The quantitative estimate of drug-likeness (QED) is 0.372. The summed E-state index contributed by atoms with van der Waals surface area (Å²) in [7, 11) is 0. The average molecular weight is 377 g/mol. The Morgan fingerprint density at radius 1 is 1.30 bits per heavy atom. The third-order valence-corrected chi connectivity index (χ3v) is 4.60. The van der Waals surface area contributed by atoms with Crippen molar-refractivity contribution in [3.63, 3.8) is 0 Å². The molecule has 0 radical (unpaired) electrons. The molecule has 0 fully saturated rings. The van der Waals surface area contributed by atoms with Crippen LogP contribution in [0.2, 0.25) is 0 Å². The van der Waals surface area contributed by atoms with Gasteiger partial charge < -0.3 is 15.6 Å². The number of carbonyl (C=O) groups is 1. The van der Waals surface area contributed by atoms with Gasteiger partial charge in [-0.1, -0.05) is 6.92 Å². The maximum absolute atomic E-state index is 11.7. The fourth-order valence-electron chi connectivity index (χ4n) is 3.16. The highest BCUT2D eigenvalue weighted by Crippen LogP contribution is 2.27. The zero-order valence-corrected chi connectivity index (χ0v) is 17.0. The van der Waals surface area contributed by atoms with Gasteiger partial charge in [0, 0.05) is 24.7 Å². The molecule has 4 N–H and O–H groups in total. The molecule has 2 aromatic heterocycles. The lowest BCUT2D eigenvalue weighted by Crippen LogP contribution is -2.41. The molecule has 0 spiro atoms. The van der Waals surface area contributed by atoms with E-state index in [9.17, 15) is 10.0 Å². The molecule has 0 saturated heterocycles. The molecular weight excluding hydrogens is 344 g/mol.